The fourth-order valence-corrected chi connectivity index (χ4v) is 2.67. The number of nitrogens with zero attached hydrogens (tertiary/aromatic N) is 1. The van der Waals surface area contributed by atoms with E-state index < -0.39 is 0 Å². The van der Waals surface area contributed by atoms with Gasteiger partial charge in [-0.15, -0.1) is 0 Å². The average molecular weight is 319 g/mol. The molecule has 0 spiro atoms. The van der Waals surface area contributed by atoms with Crippen LogP contribution in [0.1, 0.15) is 44.2 Å². The van der Waals surface area contributed by atoms with E-state index in [0.717, 1.165) is 51.3 Å². The van der Waals surface area contributed by atoms with E-state index in [2.05, 4.69) is 60.7 Å². The van der Waals surface area contributed by atoms with Gasteiger partial charge in [0.25, 0.3) is 0 Å². The minimum atomic E-state index is 0.248. The molecule has 0 heterocycles. The third-order valence-electron chi connectivity index (χ3n) is 3.87. The number of hydrogen-bond donors (Lipinski definition) is 3. The highest BCUT2D eigenvalue weighted by atomic mass is 16.3. The summed E-state index contributed by atoms with van der Waals surface area (Å²) in [5.74, 6) is 1.34. The SMILES string of the molecule is CCCC(CCO)CN=C(NCC)NCCc1cccc(C)c1. The van der Waals surface area contributed by atoms with Gasteiger partial charge in [-0.2, -0.15) is 0 Å². The topological polar surface area (TPSA) is 56.7 Å². The van der Waals surface area contributed by atoms with Gasteiger partial charge in [0.15, 0.2) is 5.96 Å². The van der Waals surface area contributed by atoms with E-state index in [-0.39, 0.29) is 6.61 Å². The zero-order valence-electron chi connectivity index (χ0n) is 14.9. The first kappa shape index (κ1) is 19.5. The van der Waals surface area contributed by atoms with Crippen molar-refractivity contribution >= 4 is 5.96 Å². The molecule has 1 unspecified atom stereocenters. The summed E-state index contributed by atoms with van der Waals surface area (Å²) < 4.78 is 0. The molecule has 1 aromatic rings. The standard InChI is InChI=1S/C19H33N3O/c1-4-7-18(11-13-23)15-22-19(20-5-2)21-12-10-17-9-6-8-16(3)14-17/h6,8-9,14,18,23H,4-5,7,10-13,15H2,1-3H3,(H2,20,21,22). The Hall–Kier alpha value is -1.55. The van der Waals surface area contributed by atoms with E-state index in [9.17, 15) is 0 Å². The summed E-state index contributed by atoms with van der Waals surface area (Å²) in [7, 11) is 0. The van der Waals surface area contributed by atoms with E-state index in [1.54, 1.807) is 0 Å². The molecule has 4 nitrogen and oxygen atoms in total. The molecule has 23 heavy (non-hydrogen) atoms. The lowest BCUT2D eigenvalue weighted by Gasteiger charge is -2.15. The number of nitrogens with one attached hydrogen (secondary N) is 2. The van der Waals surface area contributed by atoms with Gasteiger partial charge in [0.2, 0.25) is 0 Å². The Labute approximate surface area is 141 Å². The lowest BCUT2D eigenvalue weighted by molar-refractivity contribution is 0.253. The predicted molar refractivity (Wildman–Crippen MR) is 99.0 cm³/mol. The van der Waals surface area contributed by atoms with E-state index >= 15 is 0 Å². The van der Waals surface area contributed by atoms with Crippen molar-refractivity contribution in [2.75, 3.05) is 26.2 Å². The fraction of sp³-hybridized carbons (Fsp3) is 0.632. The first-order valence-electron chi connectivity index (χ1n) is 8.88. The van der Waals surface area contributed by atoms with Crippen LogP contribution in [0.3, 0.4) is 0 Å². The Kier molecular flexibility index (Phi) is 10.1. The highest BCUT2D eigenvalue weighted by molar-refractivity contribution is 5.79. The monoisotopic (exact) mass is 319 g/mol. The Balaban J connectivity index is 2.47. The van der Waals surface area contributed by atoms with E-state index in [1.807, 2.05) is 0 Å². The first-order valence-corrected chi connectivity index (χ1v) is 8.88. The molecule has 0 aromatic heterocycles. The Morgan fingerprint density at radius 1 is 1.22 bits per heavy atom. The van der Waals surface area contributed by atoms with Gasteiger partial charge >= 0.3 is 0 Å². The maximum atomic E-state index is 9.14. The van der Waals surface area contributed by atoms with Gasteiger partial charge in [0, 0.05) is 26.2 Å². The molecule has 0 aliphatic heterocycles. The van der Waals surface area contributed by atoms with Crippen molar-refractivity contribution in [2.24, 2.45) is 10.9 Å². The summed E-state index contributed by atoms with van der Waals surface area (Å²) in [5.41, 5.74) is 2.65. The van der Waals surface area contributed by atoms with Crippen LogP contribution in [0.15, 0.2) is 29.3 Å². The smallest absolute Gasteiger partial charge is 0.191 e. The largest absolute Gasteiger partial charge is 0.396 e. The second-order valence-corrected chi connectivity index (χ2v) is 6.05. The minimum Gasteiger partial charge on any atom is -0.396 e. The van der Waals surface area contributed by atoms with Crippen LogP contribution in [0.5, 0.6) is 0 Å². The zero-order chi connectivity index (χ0) is 16.9. The van der Waals surface area contributed by atoms with Gasteiger partial charge in [-0.1, -0.05) is 43.2 Å². The summed E-state index contributed by atoms with van der Waals surface area (Å²) >= 11 is 0. The molecule has 0 saturated heterocycles. The van der Waals surface area contributed by atoms with Crippen molar-refractivity contribution in [3.8, 4) is 0 Å². The molecule has 0 amide bonds. The quantitative estimate of drug-likeness (QED) is 0.459. The number of aliphatic hydroxyl groups excluding tert-OH is 1. The lowest BCUT2D eigenvalue weighted by Crippen LogP contribution is -2.38. The Bertz CT molecular complexity index is 454. The number of hydrogen-bond acceptors (Lipinski definition) is 2. The molecule has 1 aromatic carbocycles. The summed E-state index contributed by atoms with van der Waals surface area (Å²) in [4.78, 5) is 4.68. The normalized spacial score (nSPS) is 13.0. The molecule has 0 saturated carbocycles. The average Bonchev–Trinajstić information content (AvgIpc) is 2.53. The van der Waals surface area contributed by atoms with Crippen LogP contribution in [-0.4, -0.2) is 37.3 Å². The maximum absolute atomic E-state index is 9.14. The second-order valence-electron chi connectivity index (χ2n) is 6.05. The van der Waals surface area contributed by atoms with Crippen LogP contribution in [0.2, 0.25) is 0 Å². The number of benzene rings is 1. The van der Waals surface area contributed by atoms with Crippen LogP contribution in [-0.2, 0) is 6.42 Å². The number of aliphatic hydroxyl groups is 1. The van der Waals surface area contributed by atoms with Crippen LogP contribution < -0.4 is 10.6 Å². The van der Waals surface area contributed by atoms with Crippen LogP contribution >= 0.6 is 0 Å². The number of aryl methyl sites for hydroxylation is 1. The third-order valence-corrected chi connectivity index (χ3v) is 3.87. The number of aliphatic imine (C=N–C) groups is 1. The Morgan fingerprint density at radius 2 is 2.04 bits per heavy atom. The first-order chi connectivity index (χ1) is 11.2. The van der Waals surface area contributed by atoms with Crippen molar-refractivity contribution in [1.29, 1.82) is 0 Å². The molecule has 4 heteroatoms. The molecule has 130 valence electrons. The third kappa shape index (κ3) is 8.60. The van der Waals surface area contributed by atoms with E-state index in [1.165, 1.54) is 11.1 Å². The van der Waals surface area contributed by atoms with Crippen LogP contribution in [0.4, 0.5) is 0 Å². The van der Waals surface area contributed by atoms with Crippen molar-refractivity contribution in [2.45, 2.75) is 46.5 Å². The van der Waals surface area contributed by atoms with Crippen LogP contribution in [0, 0.1) is 12.8 Å². The maximum Gasteiger partial charge on any atom is 0.191 e. The van der Waals surface area contributed by atoms with E-state index in [0.29, 0.717) is 5.92 Å². The molecule has 0 fully saturated rings. The van der Waals surface area contributed by atoms with Gasteiger partial charge in [-0.3, -0.25) is 4.99 Å². The second kappa shape index (κ2) is 11.9. The summed E-state index contributed by atoms with van der Waals surface area (Å²) in [6.45, 7) is 9.13. The van der Waals surface area contributed by atoms with E-state index in [4.69, 9.17) is 5.11 Å². The molecule has 3 N–H and O–H groups in total. The summed E-state index contributed by atoms with van der Waals surface area (Å²) in [5, 5.41) is 15.8. The zero-order valence-corrected chi connectivity index (χ0v) is 14.9. The lowest BCUT2D eigenvalue weighted by atomic mass is 10.0. The highest BCUT2D eigenvalue weighted by Crippen LogP contribution is 2.11. The summed E-state index contributed by atoms with van der Waals surface area (Å²) in [6.07, 6.45) is 4.07. The Morgan fingerprint density at radius 3 is 2.70 bits per heavy atom. The molecule has 0 aliphatic rings. The molecule has 1 atom stereocenters. The molecule has 0 bridgehead atoms. The minimum absolute atomic E-state index is 0.248. The van der Waals surface area contributed by atoms with Crippen molar-refractivity contribution in [3.63, 3.8) is 0 Å². The fourth-order valence-electron chi connectivity index (χ4n) is 2.67. The molecular weight excluding hydrogens is 286 g/mol. The molecule has 0 radical (unpaired) electrons. The highest BCUT2D eigenvalue weighted by Gasteiger charge is 2.07. The van der Waals surface area contributed by atoms with Gasteiger partial charge < -0.3 is 15.7 Å². The summed E-state index contributed by atoms with van der Waals surface area (Å²) in [6, 6.07) is 8.62. The predicted octanol–water partition coefficient (Wildman–Crippen LogP) is 2.89. The van der Waals surface area contributed by atoms with Gasteiger partial charge in [-0.05, 0) is 44.6 Å². The number of guanidine groups is 1. The molecular formula is C19H33N3O. The van der Waals surface area contributed by atoms with Crippen molar-refractivity contribution < 1.29 is 5.11 Å². The number of rotatable bonds is 10. The molecule has 0 aliphatic carbocycles. The van der Waals surface area contributed by atoms with Gasteiger partial charge in [0.1, 0.15) is 0 Å². The molecule has 1 rings (SSSR count). The van der Waals surface area contributed by atoms with Crippen LogP contribution in [0.25, 0.3) is 0 Å². The van der Waals surface area contributed by atoms with Gasteiger partial charge in [0.05, 0.1) is 0 Å². The van der Waals surface area contributed by atoms with Crippen molar-refractivity contribution in [1.82, 2.24) is 10.6 Å². The van der Waals surface area contributed by atoms with Crippen molar-refractivity contribution in [3.05, 3.63) is 35.4 Å². The van der Waals surface area contributed by atoms with Gasteiger partial charge in [-0.25, -0.2) is 0 Å².